The van der Waals surface area contributed by atoms with Crippen LogP contribution < -0.4 is 11.1 Å². The van der Waals surface area contributed by atoms with Gasteiger partial charge in [0.2, 0.25) is 5.91 Å². The van der Waals surface area contributed by atoms with Crippen LogP contribution in [0.2, 0.25) is 5.02 Å². The Balaban J connectivity index is 0.00000196. The SMILES string of the molecule is Cl.Cl.Nc1ccc(CC(=O)NCC(c2ccc(Cl)cc2)N2CCOCC2)cc1. The van der Waals surface area contributed by atoms with Crippen LogP contribution in [0.4, 0.5) is 5.69 Å². The highest BCUT2D eigenvalue weighted by Gasteiger charge is 2.23. The van der Waals surface area contributed by atoms with Crippen LogP contribution in [0.5, 0.6) is 0 Å². The van der Waals surface area contributed by atoms with E-state index in [0.717, 1.165) is 24.2 Å². The number of nitrogens with two attached hydrogens (primary N) is 1. The van der Waals surface area contributed by atoms with E-state index >= 15 is 0 Å². The van der Waals surface area contributed by atoms with Gasteiger partial charge in [0.25, 0.3) is 0 Å². The second-order valence-corrected chi connectivity index (χ2v) is 6.87. The molecule has 0 saturated carbocycles. The van der Waals surface area contributed by atoms with Crippen molar-refractivity contribution in [2.24, 2.45) is 0 Å². The predicted octanol–water partition coefficient (Wildman–Crippen LogP) is 3.50. The van der Waals surface area contributed by atoms with E-state index in [0.29, 0.717) is 36.9 Å². The molecular weight excluding hydrogens is 421 g/mol. The Labute approximate surface area is 183 Å². The van der Waals surface area contributed by atoms with Gasteiger partial charge >= 0.3 is 0 Å². The molecule has 1 fully saturated rings. The van der Waals surface area contributed by atoms with Gasteiger partial charge < -0.3 is 15.8 Å². The van der Waals surface area contributed by atoms with Crippen molar-refractivity contribution in [3.05, 3.63) is 64.7 Å². The number of carbonyl (C=O) groups excluding carboxylic acids is 1. The number of carbonyl (C=O) groups is 1. The molecular formula is C20H26Cl3N3O2. The standard InChI is InChI=1S/C20H24ClN3O2.2ClH/c21-17-5-3-16(4-6-17)19(24-9-11-26-12-10-24)14-23-20(25)13-15-1-7-18(22)8-2-15;;/h1-8,19H,9-14,22H2,(H,23,25);2*1H. The zero-order valence-electron chi connectivity index (χ0n) is 15.5. The van der Waals surface area contributed by atoms with Crippen molar-refractivity contribution in [1.82, 2.24) is 10.2 Å². The van der Waals surface area contributed by atoms with Gasteiger partial charge in [0.05, 0.1) is 25.7 Å². The van der Waals surface area contributed by atoms with Gasteiger partial charge in [-0.15, -0.1) is 24.8 Å². The second-order valence-electron chi connectivity index (χ2n) is 6.44. The quantitative estimate of drug-likeness (QED) is 0.667. The lowest BCUT2D eigenvalue weighted by Gasteiger charge is -2.35. The van der Waals surface area contributed by atoms with Crippen LogP contribution in [0.3, 0.4) is 0 Å². The molecule has 1 saturated heterocycles. The van der Waals surface area contributed by atoms with Crippen LogP contribution >= 0.6 is 36.4 Å². The third-order valence-corrected chi connectivity index (χ3v) is 4.83. The summed E-state index contributed by atoms with van der Waals surface area (Å²) in [5.74, 6) is 0.00185. The third-order valence-electron chi connectivity index (χ3n) is 4.58. The van der Waals surface area contributed by atoms with Crippen molar-refractivity contribution in [3.63, 3.8) is 0 Å². The lowest BCUT2D eigenvalue weighted by molar-refractivity contribution is -0.120. The third kappa shape index (κ3) is 7.15. The molecule has 8 heteroatoms. The van der Waals surface area contributed by atoms with Gasteiger partial charge in [0.15, 0.2) is 0 Å². The minimum absolute atomic E-state index is 0. The van der Waals surface area contributed by atoms with Crippen molar-refractivity contribution in [1.29, 1.82) is 0 Å². The molecule has 1 unspecified atom stereocenters. The fourth-order valence-corrected chi connectivity index (χ4v) is 3.25. The number of nitrogen functional groups attached to an aromatic ring is 1. The monoisotopic (exact) mass is 445 g/mol. The Morgan fingerprint density at radius 3 is 2.29 bits per heavy atom. The summed E-state index contributed by atoms with van der Waals surface area (Å²) in [5.41, 5.74) is 8.48. The number of nitrogens with one attached hydrogen (secondary N) is 1. The molecule has 0 aromatic heterocycles. The fraction of sp³-hybridized carbons (Fsp3) is 0.350. The maximum atomic E-state index is 12.4. The summed E-state index contributed by atoms with van der Waals surface area (Å²) in [6, 6.07) is 15.3. The molecule has 0 spiro atoms. The van der Waals surface area contributed by atoms with E-state index in [2.05, 4.69) is 10.2 Å². The zero-order valence-corrected chi connectivity index (χ0v) is 17.9. The molecule has 1 aliphatic heterocycles. The van der Waals surface area contributed by atoms with Crippen LogP contribution in [-0.2, 0) is 16.0 Å². The Bertz CT molecular complexity index is 720. The van der Waals surface area contributed by atoms with Crippen LogP contribution in [0.25, 0.3) is 0 Å². The second kappa shape index (κ2) is 12.1. The van der Waals surface area contributed by atoms with Crippen molar-refractivity contribution >= 4 is 48.0 Å². The lowest BCUT2D eigenvalue weighted by Crippen LogP contribution is -2.44. The number of benzene rings is 2. The Morgan fingerprint density at radius 2 is 1.68 bits per heavy atom. The van der Waals surface area contributed by atoms with Gasteiger partial charge in [-0.05, 0) is 35.4 Å². The first-order valence-corrected chi connectivity index (χ1v) is 9.18. The molecule has 1 aliphatic rings. The molecule has 0 aliphatic carbocycles. The minimum Gasteiger partial charge on any atom is -0.399 e. The number of halogens is 3. The average Bonchev–Trinajstić information content (AvgIpc) is 2.66. The molecule has 1 amide bonds. The summed E-state index contributed by atoms with van der Waals surface area (Å²) < 4.78 is 5.46. The van der Waals surface area contributed by atoms with Crippen molar-refractivity contribution in [3.8, 4) is 0 Å². The van der Waals surface area contributed by atoms with Crippen molar-refractivity contribution in [2.75, 3.05) is 38.6 Å². The Morgan fingerprint density at radius 1 is 1.07 bits per heavy atom. The molecule has 0 bridgehead atoms. The normalized spacial score (nSPS) is 15.0. The summed E-state index contributed by atoms with van der Waals surface area (Å²) >= 11 is 6.02. The van der Waals surface area contributed by atoms with E-state index in [9.17, 15) is 4.79 Å². The summed E-state index contributed by atoms with van der Waals surface area (Å²) in [5, 5.41) is 3.78. The van der Waals surface area contributed by atoms with Gasteiger partial charge in [-0.3, -0.25) is 9.69 Å². The lowest BCUT2D eigenvalue weighted by atomic mass is 10.0. The van der Waals surface area contributed by atoms with Crippen LogP contribution in [0.1, 0.15) is 17.2 Å². The number of anilines is 1. The first-order valence-electron chi connectivity index (χ1n) is 8.80. The average molecular weight is 447 g/mol. The summed E-state index contributed by atoms with van der Waals surface area (Å²) in [4.78, 5) is 14.7. The number of amides is 1. The van der Waals surface area contributed by atoms with Gasteiger partial charge in [0.1, 0.15) is 0 Å². The highest BCUT2D eigenvalue weighted by Crippen LogP contribution is 2.23. The number of morpholine rings is 1. The zero-order chi connectivity index (χ0) is 18.4. The summed E-state index contributed by atoms with van der Waals surface area (Å²) in [7, 11) is 0. The smallest absolute Gasteiger partial charge is 0.224 e. The van der Waals surface area contributed by atoms with Gasteiger partial charge in [-0.1, -0.05) is 35.9 Å². The molecule has 2 aromatic rings. The van der Waals surface area contributed by atoms with E-state index in [4.69, 9.17) is 22.1 Å². The predicted molar refractivity (Wildman–Crippen MR) is 119 cm³/mol. The molecule has 1 atom stereocenters. The molecule has 3 rings (SSSR count). The highest BCUT2D eigenvalue weighted by molar-refractivity contribution is 6.30. The van der Waals surface area contributed by atoms with E-state index in [-0.39, 0.29) is 36.8 Å². The molecule has 2 aromatic carbocycles. The number of nitrogens with zero attached hydrogens (tertiary/aromatic N) is 1. The first-order chi connectivity index (χ1) is 12.6. The molecule has 154 valence electrons. The van der Waals surface area contributed by atoms with E-state index in [1.165, 1.54) is 0 Å². The Hall–Kier alpha value is -1.50. The summed E-state index contributed by atoms with van der Waals surface area (Å²) in [6.45, 7) is 3.67. The minimum atomic E-state index is 0. The van der Waals surface area contributed by atoms with E-state index in [1.807, 2.05) is 48.5 Å². The highest BCUT2D eigenvalue weighted by atomic mass is 35.5. The maximum absolute atomic E-state index is 12.4. The van der Waals surface area contributed by atoms with Crippen LogP contribution in [0, 0.1) is 0 Å². The van der Waals surface area contributed by atoms with Crippen molar-refractivity contribution < 1.29 is 9.53 Å². The van der Waals surface area contributed by atoms with Crippen LogP contribution in [0.15, 0.2) is 48.5 Å². The topological polar surface area (TPSA) is 67.6 Å². The Kier molecular flexibility index (Phi) is 10.6. The van der Waals surface area contributed by atoms with Gasteiger partial charge in [-0.25, -0.2) is 0 Å². The summed E-state index contributed by atoms with van der Waals surface area (Å²) in [6.07, 6.45) is 0.344. The molecule has 3 N–H and O–H groups in total. The maximum Gasteiger partial charge on any atom is 0.224 e. The first kappa shape index (κ1) is 24.5. The van der Waals surface area contributed by atoms with E-state index in [1.54, 1.807) is 0 Å². The number of hydrogen-bond donors (Lipinski definition) is 2. The van der Waals surface area contributed by atoms with Crippen molar-refractivity contribution in [2.45, 2.75) is 12.5 Å². The van der Waals surface area contributed by atoms with Gasteiger partial charge in [0, 0.05) is 30.3 Å². The van der Waals surface area contributed by atoms with Gasteiger partial charge in [-0.2, -0.15) is 0 Å². The van der Waals surface area contributed by atoms with Crippen LogP contribution in [-0.4, -0.2) is 43.7 Å². The molecule has 5 nitrogen and oxygen atoms in total. The molecule has 0 radical (unpaired) electrons. The fourth-order valence-electron chi connectivity index (χ4n) is 3.13. The number of hydrogen-bond acceptors (Lipinski definition) is 4. The largest absolute Gasteiger partial charge is 0.399 e. The van der Waals surface area contributed by atoms with E-state index < -0.39 is 0 Å². The molecule has 28 heavy (non-hydrogen) atoms. The molecule has 1 heterocycles. The number of ether oxygens (including phenoxy) is 1. The number of rotatable bonds is 6.